The van der Waals surface area contributed by atoms with Gasteiger partial charge < -0.3 is 0 Å². The molecule has 0 saturated carbocycles. The molecule has 0 aliphatic carbocycles. The Morgan fingerprint density at radius 2 is 2.18 bits per heavy atom. The summed E-state index contributed by atoms with van der Waals surface area (Å²) in [6, 6.07) is 9.01. The predicted octanol–water partition coefficient (Wildman–Crippen LogP) is 2.08. The predicted molar refractivity (Wildman–Crippen MR) is 64.1 cm³/mol. The lowest BCUT2D eigenvalue weighted by Gasteiger charge is -2.28. The van der Waals surface area contributed by atoms with Crippen LogP contribution in [0.15, 0.2) is 29.4 Å². The van der Waals surface area contributed by atoms with Crippen LogP contribution in [0.3, 0.4) is 0 Å². The first kappa shape index (κ1) is 11.3. The van der Waals surface area contributed by atoms with Crippen LogP contribution in [0.5, 0.6) is 0 Å². The normalized spacial score (nSPS) is 17.8. The third-order valence-corrected chi connectivity index (χ3v) is 2.70. The summed E-state index contributed by atoms with van der Waals surface area (Å²) in [6.45, 7) is 3.60. The van der Waals surface area contributed by atoms with E-state index in [1.807, 2.05) is 24.3 Å². The first-order chi connectivity index (χ1) is 8.15. The van der Waals surface area contributed by atoms with Crippen LogP contribution >= 0.6 is 0 Å². The lowest BCUT2D eigenvalue weighted by molar-refractivity contribution is -0.136. The molecule has 0 bridgehead atoms. The van der Waals surface area contributed by atoms with Crippen molar-refractivity contribution in [3.8, 4) is 6.07 Å². The Kier molecular flexibility index (Phi) is 2.92. The topological polar surface area (TPSA) is 56.5 Å². The van der Waals surface area contributed by atoms with E-state index in [-0.39, 0.29) is 11.8 Å². The number of hydrogen-bond donors (Lipinski definition) is 0. The van der Waals surface area contributed by atoms with Crippen molar-refractivity contribution >= 4 is 12.1 Å². The second-order valence-corrected chi connectivity index (χ2v) is 4.24. The Balaban J connectivity index is 2.43. The maximum Gasteiger partial charge on any atom is 0.246 e. The van der Waals surface area contributed by atoms with Crippen LogP contribution in [-0.4, -0.2) is 17.1 Å². The summed E-state index contributed by atoms with van der Waals surface area (Å²) in [5.74, 6) is -0.310. The SMILES string of the molecule is CC(C)C(=O)N1N=Cc2ccccc2C1C#N. The molecule has 1 unspecified atom stereocenters. The van der Waals surface area contributed by atoms with Crippen molar-refractivity contribution < 1.29 is 4.79 Å². The van der Waals surface area contributed by atoms with Crippen LogP contribution in [0.25, 0.3) is 0 Å². The summed E-state index contributed by atoms with van der Waals surface area (Å²) in [7, 11) is 0. The summed E-state index contributed by atoms with van der Waals surface area (Å²) < 4.78 is 0. The number of hydrogen-bond acceptors (Lipinski definition) is 3. The molecule has 0 N–H and O–H groups in total. The number of hydrazone groups is 1. The van der Waals surface area contributed by atoms with Crippen LogP contribution in [0.1, 0.15) is 31.0 Å². The lowest BCUT2D eigenvalue weighted by atomic mass is 9.99. The van der Waals surface area contributed by atoms with Crippen LogP contribution < -0.4 is 0 Å². The van der Waals surface area contributed by atoms with E-state index in [2.05, 4.69) is 11.2 Å². The monoisotopic (exact) mass is 227 g/mol. The molecule has 1 atom stereocenters. The first-order valence-electron chi connectivity index (χ1n) is 5.50. The standard InChI is InChI=1S/C13H13N3O/c1-9(2)13(17)16-12(7-14)11-6-4-3-5-10(11)8-15-16/h3-6,8-9,12H,1-2H3. The van der Waals surface area contributed by atoms with Gasteiger partial charge in [-0.2, -0.15) is 10.4 Å². The molecule has 1 aliphatic heterocycles. The molecule has 1 amide bonds. The Bertz CT molecular complexity index is 514. The van der Waals surface area contributed by atoms with Gasteiger partial charge in [0.05, 0.1) is 12.3 Å². The van der Waals surface area contributed by atoms with E-state index in [1.54, 1.807) is 20.1 Å². The Morgan fingerprint density at radius 3 is 2.82 bits per heavy atom. The van der Waals surface area contributed by atoms with E-state index in [4.69, 9.17) is 0 Å². The minimum absolute atomic E-state index is 0.137. The number of carbonyl (C=O) groups excluding carboxylic acids is 1. The number of nitriles is 1. The van der Waals surface area contributed by atoms with Gasteiger partial charge in [-0.25, -0.2) is 5.01 Å². The highest BCUT2D eigenvalue weighted by Crippen LogP contribution is 2.27. The molecule has 1 aromatic carbocycles. The third-order valence-electron chi connectivity index (χ3n) is 2.70. The highest BCUT2D eigenvalue weighted by molar-refractivity contribution is 5.87. The van der Waals surface area contributed by atoms with Gasteiger partial charge in [0.25, 0.3) is 0 Å². The van der Waals surface area contributed by atoms with Gasteiger partial charge in [0.1, 0.15) is 0 Å². The molecular formula is C13H13N3O. The van der Waals surface area contributed by atoms with Crippen molar-refractivity contribution in [3.05, 3.63) is 35.4 Å². The number of carbonyl (C=O) groups is 1. The Morgan fingerprint density at radius 1 is 1.47 bits per heavy atom. The molecule has 1 heterocycles. The minimum Gasteiger partial charge on any atom is -0.273 e. The van der Waals surface area contributed by atoms with Crippen molar-refractivity contribution in [1.29, 1.82) is 5.26 Å². The highest BCUT2D eigenvalue weighted by Gasteiger charge is 2.30. The van der Waals surface area contributed by atoms with Gasteiger partial charge in [0.2, 0.25) is 5.91 Å². The van der Waals surface area contributed by atoms with E-state index in [9.17, 15) is 10.1 Å². The quantitative estimate of drug-likeness (QED) is 0.737. The zero-order valence-corrected chi connectivity index (χ0v) is 9.79. The van der Waals surface area contributed by atoms with Crippen LogP contribution in [-0.2, 0) is 4.79 Å². The summed E-state index contributed by atoms with van der Waals surface area (Å²) in [5.41, 5.74) is 1.73. The van der Waals surface area contributed by atoms with Crippen molar-refractivity contribution in [2.24, 2.45) is 11.0 Å². The summed E-state index contributed by atoms with van der Waals surface area (Å²) in [6.07, 6.45) is 1.63. The molecule has 4 nitrogen and oxygen atoms in total. The van der Waals surface area contributed by atoms with E-state index in [1.165, 1.54) is 5.01 Å². The molecule has 2 rings (SSSR count). The Hall–Kier alpha value is -2.15. The number of benzene rings is 1. The summed E-state index contributed by atoms with van der Waals surface area (Å²) >= 11 is 0. The lowest BCUT2D eigenvalue weighted by Crippen LogP contribution is -2.35. The van der Waals surface area contributed by atoms with Gasteiger partial charge in [0, 0.05) is 11.5 Å². The summed E-state index contributed by atoms with van der Waals surface area (Å²) in [4.78, 5) is 11.9. The Labute approximate surface area is 100 Å². The summed E-state index contributed by atoms with van der Waals surface area (Å²) in [5, 5.41) is 14.6. The zero-order chi connectivity index (χ0) is 12.4. The maximum atomic E-state index is 11.9. The largest absolute Gasteiger partial charge is 0.273 e. The minimum atomic E-state index is -0.619. The zero-order valence-electron chi connectivity index (χ0n) is 9.79. The fraction of sp³-hybridized carbons (Fsp3) is 0.308. The van der Waals surface area contributed by atoms with Crippen molar-refractivity contribution in [2.75, 3.05) is 0 Å². The molecule has 17 heavy (non-hydrogen) atoms. The van der Waals surface area contributed by atoms with Crippen molar-refractivity contribution in [2.45, 2.75) is 19.9 Å². The second-order valence-electron chi connectivity index (χ2n) is 4.24. The van der Waals surface area contributed by atoms with Gasteiger partial charge in [-0.05, 0) is 5.56 Å². The molecule has 0 fully saturated rings. The molecular weight excluding hydrogens is 214 g/mol. The second kappa shape index (κ2) is 4.38. The fourth-order valence-corrected chi connectivity index (χ4v) is 1.77. The van der Waals surface area contributed by atoms with Gasteiger partial charge in [0.15, 0.2) is 6.04 Å². The molecule has 0 saturated heterocycles. The number of amides is 1. The number of rotatable bonds is 1. The van der Waals surface area contributed by atoms with Gasteiger partial charge in [-0.1, -0.05) is 38.1 Å². The fourth-order valence-electron chi connectivity index (χ4n) is 1.77. The van der Waals surface area contributed by atoms with Crippen LogP contribution in [0.4, 0.5) is 0 Å². The number of nitrogens with zero attached hydrogens (tertiary/aromatic N) is 3. The first-order valence-corrected chi connectivity index (χ1v) is 5.50. The molecule has 0 radical (unpaired) electrons. The van der Waals surface area contributed by atoms with E-state index >= 15 is 0 Å². The van der Waals surface area contributed by atoms with E-state index in [0.717, 1.165) is 11.1 Å². The van der Waals surface area contributed by atoms with Crippen molar-refractivity contribution in [3.63, 3.8) is 0 Å². The molecule has 86 valence electrons. The number of fused-ring (bicyclic) bond motifs is 1. The molecule has 1 aliphatic rings. The van der Waals surface area contributed by atoms with Gasteiger partial charge >= 0.3 is 0 Å². The molecule has 1 aromatic rings. The van der Waals surface area contributed by atoms with Crippen LogP contribution in [0, 0.1) is 17.2 Å². The van der Waals surface area contributed by atoms with Gasteiger partial charge in [-0.3, -0.25) is 4.79 Å². The average Bonchev–Trinajstić information content (AvgIpc) is 2.36. The average molecular weight is 227 g/mol. The molecule has 4 heteroatoms. The smallest absolute Gasteiger partial charge is 0.246 e. The van der Waals surface area contributed by atoms with Gasteiger partial charge in [-0.15, -0.1) is 0 Å². The van der Waals surface area contributed by atoms with Crippen molar-refractivity contribution in [1.82, 2.24) is 5.01 Å². The van der Waals surface area contributed by atoms with E-state index in [0.29, 0.717) is 0 Å². The van der Waals surface area contributed by atoms with Crippen LogP contribution in [0.2, 0.25) is 0 Å². The maximum absolute atomic E-state index is 11.9. The highest BCUT2D eigenvalue weighted by atomic mass is 16.2. The molecule has 0 spiro atoms. The molecule has 0 aromatic heterocycles. The van der Waals surface area contributed by atoms with E-state index < -0.39 is 6.04 Å². The third kappa shape index (κ3) is 1.92.